The first-order chi connectivity index (χ1) is 9.02. The molecule has 2 aromatic rings. The number of nitrogens with zero attached hydrogens (tertiary/aromatic N) is 3. The number of aromatic nitrogens is 2. The van der Waals surface area contributed by atoms with E-state index >= 15 is 0 Å². The molecule has 2 rings (SSSR count). The summed E-state index contributed by atoms with van der Waals surface area (Å²) in [5, 5.41) is 8.92. The molecule has 96 valence electrons. The molecule has 0 aliphatic carbocycles. The minimum atomic E-state index is -0.492. The van der Waals surface area contributed by atoms with Gasteiger partial charge in [-0.05, 0) is 18.6 Å². The fraction of sp³-hybridized carbons (Fsp3) is 0.154. The number of rotatable bonds is 2. The van der Waals surface area contributed by atoms with E-state index in [1.165, 1.54) is 6.07 Å². The second-order valence-corrected chi connectivity index (χ2v) is 4.39. The second kappa shape index (κ2) is 5.21. The molecule has 0 fully saturated rings. The number of nitrogen functional groups attached to an aromatic ring is 1. The number of nitrogens with two attached hydrogens (primary N) is 1. The summed E-state index contributed by atoms with van der Waals surface area (Å²) in [6, 6.07) is 6.66. The molecule has 0 saturated heterocycles. The Balaban J connectivity index is 2.40. The first-order valence-corrected chi connectivity index (χ1v) is 5.86. The molecule has 4 nitrogen and oxygen atoms in total. The van der Waals surface area contributed by atoms with Crippen LogP contribution in [-0.4, -0.2) is 9.97 Å². The Morgan fingerprint density at radius 2 is 2.16 bits per heavy atom. The minimum Gasteiger partial charge on any atom is -0.382 e. The third kappa shape index (κ3) is 2.64. The van der Waals surface area contributed by atoms with Crippen molar-refractivity contribution in [1.82, 2.24) is 9.97 Å². The van der Waals surface area contributed by atoms with Crippen molar-refractivity contribution in [3.05, 3.63) is 51.7 Å². The summed E-state index contributed by atoms with van der Waals surface area (Å²) in [6.45, 7) is 1.66. The highest BCUT2D eigenvalue weighted by molar-refractivity contribution is 6.30. The van der Waals surface area contributed by atoms with Crippen LogP contribution in [0.1, 0.15) is 22.6 Å². The van der Waals surface area contributed by atoms with Gasteiger partial charge in [-0.15, -0.1) is 0 Å². The van der Waals surface area contributed by atoms with Crippen LogP contribution in [0.3, 0.4) is 0 Å². The summed E-state index contributed by atoms with van der Waals surface area (Å²) in [4.78, 5) is 8.15. The molecular weight excluding hydrogens is 267 g/mol. The number of hydrogen-bond acceptors (Lipinski definition) is 4. The Morgan fingerprint density at radius 3 is 2.79 bits per heavy atom. The van der Waals surface area contributed by atoms with Crippen molar-refractivity contribution in [3.8, 4) is 6.07 Å². The lowest BCUT2D eigenvalue weighted by Crippen LogP contribution is -2.06. The average Bonchev–Trinajstić information content (AvgIpc) is 2.35. The molecule has 1 aromatic heterocycles. The number of hydrogen-bond donors (Lipinski definition) is 1. The lowest BCUT2D eigenvalue weighted by atomic mass is 10.1. The van der Waals surface area contributed by atoms with Crippen molar-refractivity contribution in [1.29, 1.82) is 5.26 Å². The fourth-order valence-corrected chi connectivity index (χ4v) is 1.92. The Morgan fingerprint density at radius 1 is 1.42 bits per heavy atom. The van der Waals surface area contributed by atoms with Gasteiger partial charge in [-0.2, -0.15) is 5.26 Å². The maximum absolute atomic E-state index is 13.8. The van der Waals surface area contributed by atoms with Crippen molar-refractivity contribution in [2.75, 3.05) is 5.73 Å². The zero-order valence-electron chi connectivity index (χ0n) is 10.1. The van der Waals surface area contributed by atoms with Gasteiger partial charge in [-0.1, -0.05) is 23.7 Å². The molecule has 0 aliphatic heterocycles. The number of halogens is 2. The quantitative estimate of drug-likeness (QED) is 0.915. The summed E-state index contributed by atoms with van der Waals surface area (Å²) in [6.07, 6.45) is 0.170. The topological polar surface area (TPSA) is 75.6 Å². The zero-order valence-corrected chi connectivity index (χ0v) is 10.9. The van der Waals surface area contributed by atoms with E-state index in [1.807, 2.05) is 6.07 Å². The lowest BCUT2D eigenvalue weighted by Gasteiger charge is -2.07. The zero-order chi connectivity index (χ0) is 14.0. The molecule has 0 atom stereocenters. The highest BCUT2D eigenvalue weighted by Gasteiger charge is 2.12. The Labute approximate surface area is 114 Å². The van der Waals surface area contributed by atoms with Crippen LogP contribution in [-0.2, 0) is 6.42 Å². The first-order valence-electron chi connectivity index (χ1n) is 5.49. The number of anilines is 1. The van der Waals surface area contributed by atoms with Gasteiger partial charge < -0.3 is 5.73 Å². The Hall–Kier alpha value is -2.19. The molecule has 6 heteroatoms. The molecule has 0 aliphatic rings. The van der Waals surface area contributed by atoms with Crippen LogP contribution in [0.4, 0.5) is 10.2 Å². The summed E-state index contributed by atoms with van der Waals surface area (Å²) in [5.41, 5.74) is 6.77. The number of aryl methyl sites for hydroxylation is 1. The normalized spacial score (nSPS) is 10.2. The minimum absolute atomic E-state index is 0.0517. The molecule has 19 heavy (non-hydrogen) atoms. The smallest absolute Gasteiger partial charge is 0.145 e. The Bertz CT molecular complexity index is 656. The van der Waals surface area contributed by atoms with Crippen molar-refractivity contribution >= 4 is 17.4 Å². The standard InChI is InChI=1S/C13H10ClFN4/c1-7-9(6-16)13(17)19-11(18-7)5-8-3-2-4-10(14)12(8)15/h2-4H,5H2,1H3,(H2,17,18,19). The second-order valence-electron chi connectivity index (χ2n) is 3.99. The van der Waals surface area contributed by atoms with Crippen LogP contribution < -0.4 is 5.73 Å². The maximum Gasteiger partial charge on any atom is 0.145 e. The molecular formula is C13H10ClFN4. The Kier molecular flexibility index (Phi) is 3.63. The predicted octanol–water partition coefficient (Wildman–Crippen LogP) is 2.62. The summed E-state index contributed by atoms with van der Waals surface area (Å²) >= 11 is 5.71. The summed E-state index contributed by atoms with van der Waals surface area (Å²) < 4.78 is 13.8. The maximum atomic E-state index is 13.8. The van der Waals surface area contributed by atoms with Gasteiger partial charge in [0.25, 0.3) is 0 Å². The summed E-state index contributed by atoms with van der Waals surface area (Å²) in [7, 11) is 0. The third-order valence-electron chi connectivity index (χ3n) is 2.66. The number of nitriles is 1. The van der Waals surface area contributed by atoms with Gasteiger partial charge in [-0.25, -0.2) is 14.4 Å². The van der Waals surface area contributed by atoms with E-state index in [-0.39, 0.29) is 22.8 Å². The van der Waals surface area contributed by atoms with Crippen molar-refractivity contribution in [2.24, 2.45) is 0 Å². The van der Waals surface area contributed by atoms with E-state index in [9.17, 15) is 4.39 Å². The first kappa shape index (κ1) is 13.2. The van der Waals surface area contributed by atoms with E-state index in [1.54, 1.807) is 19.1 Å². The van der Waals surface area contributed by atoms with Gasteiger partial charge in [-0.3, -0.25) is 0 Å². The van der Waals surface area contributed by atoms with Crippen LogP contribution in [0.2, 0.25) is 5.02 Å². The molecule has 1 aromatic carbocycles. The van der Waals surface area contributed by atoms with E-state index in [4.69, 9.17) is 22.6 Å². The van der Waals surface area contributed by atoms with E-state index < -0.39 is 5.82 Å². The van der Waals surface area contributed by atoms with Crippen LogP contribution >= 0.6 is 11.6 Å². The fourth-order valence-electron chi connectivity index (χ4n) is 1.73. The summed E-state index contributed by atoms with van der Waals surface area (Å²) in [5.74, 6) is -0.0315. The van der Waals surface area contributed by atoms with Gasteiger partial charge in [0, 0.05) is 6.42 Å². The average molecular weight is 277 g/mol. The van der Waals surface area contributed by atoms with Gasteiger partial charge in [0.1, 0.15) is 29.1 Å². The van der Waals surface area contributed by atoms with E-state index in [2.05, 4.69) is 9.97 Å². The SMILES string of the molecule is Cc1nc(Cc2cccc(Cl)c2F)nc(N)c1C#N. The lowest BCUT2D eigenvalue weighted by molar-refractivity contribution is 0.612. The number of benzene rings is 1. The van der Waals surface area contributed by atoms with Crippen LogP contribution in [0.15, 0.2) is 18.2 Å². The van der Waals surface area contributed by atoms with E-state index in [0.29, 0.717) is 17.1 Å². The molecule has 0 bridgehead atoms. The van der Waals surface area contributed by atoms with Gasteiger partial charge in [0.05, 0.1) is 10.7 Å². The van der Waals surface area contributed by atoms with Crippen LogP contribution in [0.25, 0.3) is 0 Å². The molecule has 0 spiro atoms. The molecule has 2 N–H and O–H groups in total. The van der Waals surface area contributed by atoms with Gasteiger partial charge >= 0.3 is 0 Å². The van der Waals surface area contributed by atoms with Crippen LogP contribution in [0.5, 0.6) is 0 Å². The predicted molar refractivity (Wildman–Crippen MR) is 70.1 cm³/mol. The van der Waals surface area contributed by atoms with E-state index in [0.717, 1.165) is 0 Å². The molecule has 0 radical (unpaired) electrons. The highest BCUT2D eigenvalue weighted by Crippen LogP contribution is 2.20. The molecule has 0 unspecified atom stereocenters. The molecule has 0 saturated carbocycles. The van der Waals surface area contributed by atoms with Crippen LogP contribution in [0, 0.1) is 24.1 Å². The molecule has 0 amide bonds. The third-order valence-corrected chi connectivity index (χ3v) is 2.95. The van der Waals surface area contributed by atoms with Gasteiger partial charge in [0.15, 0.2) is 0 Å². The largest absolute Gasteiger partial charge is 0.382 e. The monoisotopic (exact) mass is 276 g/mol. The van der Waals surface area contributed by atoms with Crippen molar-refractivity contribution in [2.45, 2.75) is 13.3 Å². The van der Waals surface area contributed by atoms with Crippen molar-refractivity contribution in [3.63, 3.8) is 0 Å². The highest BCUT2D eigenvalue weighted by atomic mass is 35.5. The molecule has 1 heterocycles. The van der Waals surface area contributed by atoms with Crippen molar-refractivity contribution < 1.29 is 4.39 Å². The van der Waals surface area contributed by atoms with Gasteiger partial charge in [0.2, 0.25) is 0 Å².